The van der Waals surface area contributed by atoms with Crippen molar-refractivity contribution >= 4 is 17.7 Å². The Morgan fingerprint density at radius 1 is 1.21 bits per heavy atom. The van der Waals surface area contributed by atoms with E-state index in [-0.39, 0.29) is 5.69 Å². The molecule has 0 radical (unpaired) electrons. The van der Waals surface area contributed by atoms with Crippen LogP contribution in [0.3, 0.4) is 0 Å². The maximum absolute atomic E-state index is 10.5. The van der Waals surface area contributed by atoms with Gasteiger partial charge in [-0.1, -0.05) is 0 Å². The van der Waals surface area contributed by atoms with Gasteiger partial charge in [0.1, 0.15) is 11.5 Å². The largest absolute Gasteiger partial charge is 0.478 e. The normalized spacial score (nSPS) is 10.7. The molecule has 0 spiro atoms. The molecular weight excluding hydrogens is 250 g/mol. The summed E-state index contributed by atoms with van der Waals surface area (Å²) in [5.74, 6) is -0.149. The predicted octanol–water partition coefficient (Wildman–Crippen LogP) is 2.95. The van der Waals surface area contributed by atoms with Gasteiger partial charge in [0.25, 0.3) is 5.69 Å². The summed E-state index contributed by atoms with van der Waals surface area (Å²) in [6, 6.07) is 9.19. The van der Waals surface area contributed by atoms with Crippen LogP contribution in [0.5, 0.6) is 0 Å². The number of furan rings is 1. The summed E-state index contributed by atoms with van der Waals surface area (Å²) >= 11 is 0. The number of nitro groups is 1. The number of aliphatic carboxylic acids is 1. The SMILES string of the molecule is O=C(O)/C=C/c1ccc(-c2ccc([N+](=O)[O-])cc2)o1. The Kier molecular flexibility index (Phi) is 3.42. The van der Waals surface area contributed by atoms with E-state index in [2.05, 4.69) is 0 Å². The van der Waals surface area contributed by atoms with Crippen LogP contribution in [0.1, 0.15) is 5.76 Å². The van der Waals surface area contributed by atoms with E-state index in [4.69, 9.17) is 9.52 Å². The summed E-state index contributed by atoms with van der Waals surface area (Å²) < 4.78 is 5.40. The highest BCUT2D eigenvalue weighted by atomic mass is 16.6. The molecule has 1 heterocycles. The van der Waals surface area contributed by atoms with Crippen molar-refractivity contribution in [2.24, 2.45) is 0 Å². The second-order valence-electron chi connectivity index (χ2n) is 3.68. The molecule has 2 rings (SSSR count). The summed E-state index contributed by atoms with van der Waals surface area (Å²) in [5.41, 5.74) is 0.682. The number of nitro benzene ring substituents is 1. The first-order chi connectivity index (χ1) is 9.06. The molecule has 2 aromatic rings. The molecule has 0 saturated carbocycles. The van der Waals surface area contributed by atoms with E-state index in [9.17, 15) is 14.9 Å². The number of carboxylic acid groups (broad SMARTS) is 1. The Morgan fingerprint density at radius 2 is 1.89 bits per heavy atom. The van der Waals surface area contributed by atoms with E-state index in [1.54, 1.807) is 24.3 Å². The highest BCUT2D eigenvalue weighted by Gasteiger charge is 2.07. The smallest absolute Gasteiger partial charge is 0.328 e. The molecule has 0 aliphatic carbocycles. The van der Waals surface area contributed by atoms with Crippen molar-refractivity contribution in [2.75, 3.05) is 0 Å². The van der Waals surface area contributed by atoms with Crippen LogP contribution in [0.25, 0.3) is 17.4 Å². The van der Waals surface area contributed by atoms with Gasteiger partial charge in [0, 0.05) is 23.8 Å². The van der Waals surface area contributed by atoms with Crippen LogP contribution in [-0.4, -0.2) is 16.0 Å². The zero-order valence-electron chi connectivity index (χ0n) is 9.65. The molecular formula is C13H9NO5. The van der Waals surface area contributed by atoms with Crippen LogP contribution in [-0.2, 0) is 4.79 Å². The minimum Gasteiger partial charge on any atom is -0.478 e. The Bertz CT molecular complexity index is 639. The van der Waals surface area contributed by atoms with Crippen molar-refractivity contribution in [3.05, 3.63) is 58.3 Å². The van der Waals surface area contributed by atoms with Gasteiger partial charge >= 0.3 is 5.97 Å². The lowest BCUT2D eigenvalue weighted by atomic mass is 10.1. The molecule has 1 aromatic heterocycles. The Balaban J connectivity index is 2.23. The summed E-state index contributed by atoms with van der Waals surface area (Å²) in [6.07, 6.45) is 2.30. The van der Waals surface area contributed by atoms with Crippen LogP contribution >= 0.6 is 0 Å². The van der Waals surface area contributed by atoms with Gasteiger partial charge in [-0.3, -0.25) is 10.1 Å². The summed E-state index contributed by atoms with van der Waals surface area (Å²) in [6.45, 7) is 0. The van der Waals surface area contributed by atoms with Gasteiger partial charge in [-0.2, -0.15) is 0 Å². The maximum atomic E-state index is 10.5. The zero-order valence-corrected chi connectivity index (χ0v) is 9.65. The third-order valence-corrected chi connectivity index (χ3v) is 2.38. The van der Waals surface area contributed by atoms with Crippen molar-refractivity contribution in [1.82, 2.24) is 0 Å². The average Bonchev–Trinajstić information content (AvgIpc) is 2.85. The maximum Gasteiger partial charge on any atom is 0.328 e. The number of carbonyl (C=O) groups is 1. The number of carboxylic acids is 1. The fourth-order valence-corrected chi connectivity index (χ4v) is 1.50. The fourth-order valence-electron chi connectivity index (χ4n) is 1.50. The number of non-ortho nitro benzene ring substituents is 1. The molecule has 0 saturated heterocycles. The first kappa shape index (κ1) is 12.6. The van der Waals surface area contributed by atoms with Crippen molar-refractivity contribution in [1.29, 1.82) is 0 Å². The lowest BCUT2D eigenvalue weighted by Crippen LogP contribution is -1.86. The van der Waals surface area contributed by atoms with Gasteiger partial charge in [-0.25, -0.2) is 4.79 Å². The fraction of sp³-hybridized carbons (Fsp3) is 0. The molecule has 0 amide bonds. The molecule has 1 N–H and O–H groups in total. The summed E-state index contributed by atoms with van der Waals surface area (Å²) in [4.78, 5) is 20.4. The third-order valence-electron chi connectivity index (χ3n) is 2.38. The van der Waals surface area contributed by atoms with Crippen molar-refractivity contribution < 1.29 is 19.2 Å². The van der Waals surface area contributed by atoms with Gasteiger partial charge in [-0.05, 0) is 30.3 Å². The van der Waals surface area contributed by atoms with Crippen LogP contribution in [0.2, 0.25) is 0 Å². The summed E-state index contributed by atoms with van der Waals surface area (Å²) in [5, 5.41) is 19.0. The number of nitrogens with zero attached hydrogens (tertiary/aromatic N) is 1. The first-order valence-corrected chi connectivity index (χ1v) is 5.32. The van der Waals surface area contributed by atoms with Gasteiger partial charge in [0.15, 0.2) is 0 Å². The van der Waals surface area contributed by atoms with Crippen LogP contribution < -0.4 is 0 Å². The molecule has 0 aliphatic rings. The van der Waals surface area contributed by atoms with E-state index < -0.39 is 10.9 Å². The molecule has 1 aromatic carbocycles. The number of benzene rings is 1. The van der Waals surface area contributed by atoms with E-state index in [1.807, 2.05) is 0 Å². The van der Waals surface area contributed by atoms with Gasteiger partial charge in [0.2, 0.25) is 0 Å². The zero-order chi connectivity index (χ0) is 13.8. The summed E-state index contributed by atoms with van der Waals surface area (Å²) in [7, 11) is 0. The Labute approximate surface area is 107 Å². The minimum atomic E-state index is -1.06. The second kappa shape index (κ2) is 5.18. The average molecular weight is 259 g/mol. The lowest BCUT2D eigenvalue weighted by Gasteiger charge is -1.96. The number of hydrogen-bond acceptors (Lipinski definition) is 4. The molecule has 0 unspecified atom stereocenters. The van der Waals surface area contributed by atoms with Crippen LogP contribution in [0.4, 0.5) is 5.69 Å². The molecule has 0 atom stereocenters. The van der Waals surface area contributed by atoms with Gasteiger partial charge in [-0.15, -0.1) is 0 Å². The minimum absolute atomic E-state index is 0.00121. The van der Waals surface area contributed by atoms with Crippen molar-refractivity contribution in [2.45, 2.75) is 0 Å². The quantitative estimate of drug-likeness (QED) is 0.517. The van der Waals surface area contributed by atoms with Crippen LogP contribution in [0, 0.1) is 10.1 Å². The molecule has 19 heavy (non-hydrogen) atoms. The number of rotatable bonds is 4. The second-order valence-corrected chi connectivity index (χ2v) is 3.68. The molecule has 0 aliphatic heterocycles. The monoisotopic (exact) mass is 259 g/mol. The van der Waals surface area contributed by atoms with Gasteiger partial charge < -0.3 is 9.52 Å². The highest BCUT2D eigenvalue weighted by molar-refractivity contribution is 5.84. The molecule has 0 bridgehead atoms. The molecule has 96 valence electrons. The first-order valence-electron chi connectivity index (χ1n) is 5.32. The van der Waals surface area contributed by atoms with E-state index in [0.717, 1.165) is 6.08 Å². The Morgan fingerprint density at radius 3 is 2.47 bits per heavy atom. The number of hydrogen-bond donors (Lipinski definition) is 1. The standard InChI is InChI=1S/C13H9NO5/c15-13(16)8-6-11-5-7-12(19-11)9-1-3-10(4-2-9)14(17)18/h1-8H,(H,15,16)/b8-6+. The lowest BCUT2D eigenvalue weighted by molar-refractivity contribution is -0.384. The van der Waals surface area contributed by atoms with E-state index >= 15 is 0 Å². The topological polar surface area (TPSA) is 93.6 Å². The van der Waals surface area contributed by atoms with E-state index in [1.165, 1.54) is 18.2 Å². The van der Waals surface area contributed by atoms with E-state index in [0.29, 0.717) is 17.1 Å². The van der Waals surface area contributed by atoms with Crippen LogP contribution in [0.15, 0.2) is 46.9 Å². The van der Waals surface area contributed by atoms with Gasteiger partial charge in [0.05, 0.1) is 4.92 Å². The van der Waals surface area contributed by atoms with Crippen molar-refractivity contribution in [3.8, 4) is 11.3 Å². The predicted molar refractivity (Wildman–Crippen MR) is 67.5 cm³/mol. The molecule has 6 heteroatoms. The van der Waals surface area contributed by atoms with Crippen molar-refractivity contribution in [3.63, 3.8) is 0 Å². The Hall–Kier alpha value is -2.89. The third kappa shape index (κ3) is 3.06. The highest BCUT2D eigenvalue weighted by Crippen LogP contribution is 2.24. The molecule has 0 fully saturated rings. The molecule has 6 nitrogen and oxygen atoms in total.